The van der Waals surface area contributed by atoms with E-state index >= 15 is 0 Å². The van der Waals surface area contributed by atoms with Gasteiger partial charge in [-0.25, -0.2) is 0 Å². The van der Waals surface area contributed by atoms with Crippen molar-refractivity contribution >= 4 is 24.0 Å². The van der Waals surface area contributed by atoms with Crippen molar-refractivity contribution in [3.05, 3.63) is 59.7 Å². The fourth-order valence-corrected chi connectivity index (χ4v) is 2.33. The molecule has 0 saturated heterocycles. The predicted molar refractivity (Wildman–Crippen MR) is 96.5 cm³/mol. The molecule has 5 heteroatoms. The molecular formula is C18H23ClN2O2. The summed E-state index contributed by atoms with van der Waals surface area (Å²) in [5.41, 5.74) is 8.44. The van der Waals surface area contributed by atoms with Crippen molar-refractivity contribution in [1.29, 1.82) is 0 Å². The number of hydrogen-bond acceptors (Lipinski definition) is 3. The van der Waals surface area contributed by atoms with Crippen LogP contribution in [0.1, 0.15) is 24.0 Å². The van der Waals surface area contributed by atoms with E-state index in [-0.39, 0.29) is 30.8 Å². The molecule has 4 nitrogen and oxygen atoms in total. The second-order valence-electron chi connectivity index (χ2n) is 5.10. The zero-order valence-electron chi connectivity index (χ0n) is 13.4. The van der Waals surface area contributed by atoms with Crippen LogP contribution >= 0.6 is 12.4 Å². The third-order valence-electron chi connectivity index (χ3n) is 3.52. The number of carbonyl (C=O) groups is 1. The van der Waals surface area contributed by atoms with E-state index in [1.165, 1.54) is 0 Å². The molecule has 0 aliphatic carbocycles. The summed E-state index contributed by atoms with van der Waals surface area (Å²) in [5.74, 6) is 0.351. The van der Waals surface area contributed by atoms with Gasteiger partial charge in [-0.05, 0) is 43.2 Å². The summed E-state index contributed by atoms with van der Waals surface area (Å²) in [6.45, 7) is 4.77. The number of anilines is 1. The van der Waals surface area contributed by atoms with Crippen LogP contribution in [0.3, 0.4) is 0 Å². The number of halogens is 1. The third kappa shape index (κ3) is 4.98. The number of benzene rings is 2. The maximum absolute atomic E-state index is 12.5. The number of nitrogens with one attached hydrogen (secondary N) is 1. The minimum Gasteiger partial charge on any atom is -0.494 e. The highest BCUT2D eigenvalue weighted by Crippen LogP contribution is 2.23. The second kappa shape index (κ2) is 9.18. The Balaban J connectivity index is 0.00000264. The Morgan fingerprint density at radius 1 is 1.22 bits per heavy atom. The van der Waals surface area contributed by atoms with Crippen LogP contribution in [-0.2, 0) is 4.79 Å². The molecule has 3 N–H and O–H groups in total. The van der Waals surface area contributed by atoms with Crippen molar-refractivity contribution in [2.24, 2.45) is 5.73 Å². The zero-order valence-corrected chi connectivity index (χ0v) is 14.2. The minimum absolute atomic E-state index is 0. The molecule has 0 bridgehead atoms. The summed E-state index contributed by atoms with van der Waals surface area (Å²) in [6, 6.07) is 15.2. The van der Waals surface area contributed by atoms with Crippen molar-refractivity contribution in [2.75, 3.05) is 18.5 Å². The lowest BCUT2D eigenvalue weighted by molar-refractivity contribution is -0.117. The van der Waals surface area contributed by atoms with Gasteiger partial charge in [0.05, 0.1) is 12.5 Å². The smallest absolute Gasteiger partial charge is 0.233 e. The number of carbonyl (C=O) groups excluding carboxylic acids is 1. The quantitative estimate of drug-likeness (QED) is 0.849. The van der Waals surface area contributed by atoms with Gasteiger partial charge in [-0.3, -0.25) is 4.79 Å². The summed E-state index contributed by atoms with van der Waals surface area (Å²) in [4.78, 5) is 12.5. The van der Waals surface area contributed by atoms with Crippen molar-refractivity contribution in [3.63, 3.8) is 0 Å². The number of ether oxygens (including phenoxy) is 1. The SMILES string of the molecule is CCOc1ccc(NC(=O)C(CN)c2ccccc2)c(C)c1.Cl. The monoisotopic (exact) mass is 334 g/mol. The van der Waals surface area contributed by atoms with Gasteiger partial charge in [0.1, 0.15) is 5.75 Å². The maximum Gasteiger partial charge on any atom is 0.233 e. The first-order chi connectivity index (χ1) is 10.7. The number of hydrogen-bond donors (Lipinski definition) is 2. The molecule has 2 rings (SSSR count). The fourth-order valence-electron chi connectivity index (χ4n) is 2.33. The zero-order chi connectivity index (χ0) is 15.9. The fraction of sp³-hybridized carbons (Fsp3) is 0.278. The molecule has 124 valence electrons. The molecule has 0 fully saturated rings. The van der Waals surface area contributed by atoms with E-state index in [0.717, 1.165) is 22.6 Å². The van der Waals surface area contributed by atoms with Crippen LogP contribution in [0.5, 0.6) is 5.75 Å². The van der Waals surface area contributed by atoms with Gasteiger partial charge in [-0.15, -0.1) is 12.4 Å². The lowest BCUT2D eigenvalue weighted by Crippen LogP contribution is -2.27. The summed E-state index contributed by atoms with van der Waals surface area (Å²) in [5, 5.41) is 2.95. The van der Waals surface area contributed by atoms with E-state index in [1.54, 1.807) is 0 Å². The second-order valence-corrected chi connectivity index (χ2v) is 5.10. The van der Waals surface area contributed by atoms with E-state index in [0.29, 0.717) is 6.61 Å². The van der Waals surface area contributed by atoms with E-state index in [4.69, 9.17) is 10.5 Å². The highest BCUT2D eigenvalue weighted by molar-refractivity contribution is 5.96. The van der Waals surface area contributed by atoms with Crippen molar-refractivity contribution < 1.29 is 9.53 Å². The van der Waals surface area contributed by atoms with Crippen LogP contribution in [0, 0.1) is 6.92 Å². The van der Waals surface area contributed by atoms with E-state index in [9.17, 15) is 4.79 Å². The van der Waals surface area contributed by atoms with Crippen LogP contribution in [0.15, 0.2) is 48.5 Å². The molecule has 0 heterocycles. The summed E-state index contributed by atoms with van der Waals surface area (Å²) in [7, 11) is 0. The van der Waals surface area contributed by atoms with Crippen molar-refractivity contribution in [2.45, 2.75) is 19.8 Å². The molecule has 1 amide bonds. The van der Waals surface area contributed by atoms with Crippen LogP contribution in [-0.4, -0.2) is 19.1 Å². The molecule has 2 aromatic carbocycles. The first kappa shape index (κ1) is 19.0. The average Bonchev–Trinajstić information content (AvgIpc) is 2.52. The number of rotatable bonds is 6. The number of aryl methyl sites for hydroxylation is 1. The summed E-state index contributed by atoms with van der Waals surface area (Å²) in [6.07, 6.45) is 0. The van der Waals surface area contributed by atoms with Gasteiger partial charge in [-0.1, -0.05) is 30.3 Å². The Morgan fingerprint density at radius 3 is 2.48 bits per heavy atom. The molecule has 1 atom stereocenters. The van der Waals surface area contributed by atoms with Gasteiger partial charge in [-0.2, -0.15) is 0 Å². The molecule has 1 unspecified atom stereocenters. The molecular weight excluding hydrogens is 312 g/mol. The molecule has 0 radical (unpaired) electrons. The Morgan fingerprint density at radius 2 is 1.91 bits per heavy atom. The predicted octanol–water partition coefficient (Wildman–Crippen LogP) is 3.50. The molecule has 0 aliphatic heterocycles. The molecule has 0 aliphatic rings. The van der Waals surface area contributed by atoms with Gasteiger partial charge in [0.25, 0.3) is 0 Å². The highest BCUT2D eigenvalue weighted by Gasteiger charge is 2.19. The number of amides is 1. The normalized spacial score (nSPS) is 11.3. The van der Waals surface area contributed by atoms with Crippen molar-refractivity contribution in [1.82, 2.24) is 0 Å². The van der Waals surface area contributed by atoms with Gasteiger partial charge in [0.2, 0.25) is 5.91 Å². The summed E-state index contributed by atoms with van der Waals surface area (Å²) >= 11 is 0. The topological polar surface area (TPSA) is 64.3 Å². The molecule has 0 aromatic heterocycles. The molecule has 0 spiro atoms. The van der Waals surface area contributed by atoms with Crippen molar-refractivity contribution in [3.8, 4) is 5.75 Å². The maximum atomic E-state index is 12.5. The van der Waals surface area contributed by atoms with E-state index in [2.05, 4.69) is 5.32 Å². The van der Waals surface area contributed by atoms with Crippen LogP contribution in [0.25, 0.3) is 0 Å². The lowest BCUT2D eigenvalue weighted by atomic mass is 9.98. The van der Waals surface area contributed by atoms with Crippen LogP contribution in [0.4, 0.5) is 5.69 Å². The van der Waals surface area contributed by atoms with Gasteiger partial charge < -0.3 is 15.8 Å². The third-order valence-corrected chi connectivity index (χ3v) is 3.52. The van der Waals surface area contributed by atoms with Gasteiger partial charge in [0.15, 0.2) is 0 Å². The van der Waals surface area contributed by atoms with E-state index in [1.807, 2.05) is 62.4 Å². The minimum atomic E-state index is -0.354. The Labute approximate surface area is 143 Å². The largest absolute Gasteiger partial charge is 0.494 e. The molecule has 0 saturated carbocycles. The number of nitrogens with two attached hydrogens (primary N) is 1. The molecule has 23 heavy (non-hydrogen) atoms. The first-order valence-electron chi connectivity index (χ1n) is 7.45. The Bertz CT molecular complexity index is 632. The Hall–Kier alpha value is -2.04. The summed E-state index contributed by atoms with van der Waals surface area (Å²) < 4.78 is 5.45. The van der Waals surface area contributed by atoms with Crippen LogP contribution < -0.4 is 15.8 Å². The lowest BCUT2D eigenvalue weighted by Gasteiger charge is -2.17. The molecule has 2 aromatic rings. The standard InChI is InChI=1S/C18H22N2O2.ClH/c1-3-22-15-9-10-17(13(2)11-15)20-18(21)16(12-19)14-7-5-4-6-8-14;/h4-11,16H,3,12,19H2,1-2H3,(H,20,21);1H. The Kier molecular flexibility index (Phi) is 7.59. The van der Waals surface area contributed by atoms with E-state index < -0.39 is 0 Å². The average molecular weight is 335 g/mol. The van der Waals surface area contributed by atoms with Gasteiger partial charge >= 0.3 is 0 Å². The van der Waals surface area contributed by atoms with Crippen LogP contribution in [0.2, 0.25) is 0 Å². The highest BCUT2D eigenvalue weighted by atomic mass is 35.5. The van der Waals surface area contributed by atoms with Gasteiger partial charge in [0, 0.05) is 12.2 Å². The first-order valence-corrected chi connectivity index (χ1v) is 7.45.